The van der Waals surface area contributed by atoms with Crippen molar-refractivity contribution < 1.29 is 38.1 Å². The first kappa shape index (κ1) is 23.6. The first-order valence-corrected chi connectivity index (χ1v) is 8.12. The van der Waals surface area contributed by atoms with Gasteiger partial charge in [0.25, 0.3) is 0 Å². The Morgan fingerprint density at radius 1 is 1.00 bits per heavy atom. The molecule has 0 fully saturated rings. The van der Waals surface area contributed by atoms with Gasteiger partial charge in [0.15, 0.2) is 0 Å². The SMILES string of the molecule is C=CC(=O)OCCOC(=O)CCC(=O)NCCC(=O)OC(C)(C)COC. The van der Waals surface area contributed by atoms with Gasteiger partial charge in [0.1, 0.15) is 18.8 Å². The predicted octanol–water partition coefficient (Wildman–Crippen LogP) is 0.514. The van der Waals surface area contributed by atoms with Gasteiger partial charge in [0.2, 0.25) is 5.91 Å². The van der Waals surface area contributed by atoms with Crippen LogP contribution in [-0.2, 0) is 38.1 Å². The minimum atomic E-state index is -0.737. The zero-order valence-electron chi connectivity index (χ0n) is 15.5. The molecule has 0 atom stereocenters. The van der Waals surface area contributed by atoms with Gasteiger partial charge >= 0.3 is 17.9 Å². The van der Waals surface area contributed by atoms with E-state index in [9.17, 15) is 19.2 Å². The number of carbonyl (C=O) groups is 4. The number of nitrogens with one attached hydrogen (secondary N) is 1. The molecule has 148 valence electrons. The molecule has 0 saturated carbocycles. The second-order valence-corrected chi connectivity index (χ2v) is 5.86. The van der Waals surface area contributed by atoms with Gasteiger partial charge in [-0.3, -0.25) is 14.4 Å². The third-order valence-corrected chi connectivity index (χ3v) is 2.85. The third-order valence-electron chi connectivity index (χ3n) is 2.85. The molecular weight excluding hydrogens is 346 g/mol. The highest BCUT2D eigenvalue weighted by Gasteiger charge is 2.22. The van der Waals surface area contributed by atoms with E-state index in [1.165, 1.54) is 7.11 Å². The summed E-state index contributed by atoms with van der Waals surface area (Å²) in [6.45, 7) is 6.86. The van der Waals surface area contributed by atoms with Crippen LogP contribution in [0.1, 0.15) is 33.1 Å². The second kappa shape index (κ2) is 12.9. The van der Waals surface area contributed by atoms with Crippen molar-refractivity contribution in [3.63, 3.8) is 0 Å². The molecule has 26 heavy (non-hydrogen) atoms. The minimum absolute atomic E-state index is 0.0119. The van der Waals surface area contributed by atoms with Gasteiger partial charge < -0.3 is 24.3 Å². The van der Waals surface area contributed by atoms with Crippen LogP contribution in [0.4, 0.5) is 0 Å². The molecule has 0 aliphatic carbocycles. The Hall–Kier alpha value is -2.42. The number of amides is 1. The van der Waals surface area contributed by atoms with E-state index in [1.54, 1.807) is 13.8 Å². The molecule has 0 aromatic rings. The Labute approximate surface area is 153 Å². The van der Waals surface area contributed by atoms with Crippen LogP contribution in [0.15, 0.2) is 12.7 Å². The van der Waals surface area contributed by atoms with Gasteiger partial charge in [-0.25, -0.2) is 4.79 Å². The van der Waals surface area contributed by atoms with Crippen molar-refractivity contribution in [3.05, 3.63) is 12.7 Å². The Balaban J connectivity index is 3.79. The van der Waals surface area contributed by atoms with Crippen molar-refractivity contribution in [1.82, 2.24) is 5.32 Å². The highest BCUT2D eigenvalue weighted by molar-refractivity contribution is 5.82. The second-order valence-electron chi connectivity index (χ2n) is 5.86. The number of hydrogen-bond acceptors (Lipinski definition) is 8. The van der Waals surface area contributed by atoms with E-state index in [2.05, 4.69) is 16.6 Å². The van der Waals surface area contributed by atoms with Gasteiger partial charge in [0.05, 0.1) is 19.4 Å². The van der Waals surface area contributed by atoms with Crippen molar-refractivity contribution in [2.45, 2.75) is 38.7 Å². The maximum Gasteiger partial charge on any atom is 0.330 e. The molecular formula is C17H27NO8. The summed E-state index contributed by atoms with van der Waals surface area (Å²) in [6.07, 6.45) is 0.820. The van der Waals surface area contributed by atoms with Crippen LogP contribution in [0.3, 0.4) is 0 Å². The maximum absolute atomic E-state index is 11.7. The standard InChI is InChI=1S/C17H27NO8/c1-5-14(20)24-10-11-25-15(21)7-6-13(19)18-9-8-16(22)26-17(2,3)12-23-4/h5H,1,6-12H2,2-4H3,(H,18,19). The molecule has 1 amide bonds. The number of carbonyl (C=O) groups excluding carboxylic acids is 4. The van der Waals surface area contributed by atoms with Gasteiger partial charge in [-0.2, -0.15) is 0 Å². The average molecular weight is 373 g/mol. The van der Waals surface area contributed by atoms with Crippen molar-refractivity contribution >= 4 is 23.8 Å². The molecule has 0 rings (SSSR count). The highest BCUT2D eigenvalue weighted by atomic mass is 16.6. The van der Waals surface area contributed by atoms with E-state index in [-0.39, 0.29) is 51.5 Å². The molecule has 9 heteroatoms. The van der Waals surface area contributed by atoms with Crippen LogP contribution in [0, 0.1) is 0 Å². The van der Waals surface area contributed by atoms with Gasteiger partial charge in [-0.05, 0) is 13.8 Å². The van der Waals surface area contributed by atoms with Gasteiger partial charge in [-0.1, -0.05) is 6.58 Å². The average Bonchev–Trinajstić information content (AvgIpc) is 2.55. The Kier molecular flexibility index (Phi) is 11.7. The summed E-state index contributed by atoms with van der Waals surface area (Å²) in [5.41, 5.74) is -0.737. The lowest BCUT2D eigenvalue weighted by atomic mass is 10.1. The summed E-state index contributed by atoms with van der Waals surface area (Å²) in [4.78, 5) is 45.4. The van der Waals surface area contributed by atoms with E-state index in [0.717, 1.165) is 6.08 Å². The van der Waals surface area contributed by atoms with Crippen LogP contribution >= 0.6 is 0 Å². The first-order valence-electron chi connectivity index (χ1n) is 8.12. The summed E-state index contributed by atoms with van der Waals surface area (Å²) in [6, 6.07) is 0. The Bertz CT molecular complexity index is 501. The number of methoxy groups -OCH3 is 1. The van der Waals surface area contributed by atoms with E-state index < -0.39 is 23.5 Å². The van der Waals surface area contributed by atoms with Gasteiger partial charge in [-0.15, -0.1) is 0 Å². The lowest BCUT2D eigenvalue weighted by Crippen LogP contribution is -2.34. The Morgan fingerprint density at radius 2 is 1.65 bits per heavy atom. The molecule has 0 radical (unpaired) electrons. The van der Waals surface area contributed by atoms with Crippen LogP contribution in [0.2, 0.25) is 0 Å². The van der Waals surface area contributed by atoms with E-state index in [1.807, 2.05) is 0 Å². The molecule has 0 unspecified atom stereocenters. The van der Waals surface area contributed by atoms with Crippen molar-refractivity contribution in [3.8, 4) is 0 Å². The molecule has 0 spiro atoms. The van der Waals surface area contributed by atoms with E-state index in [0.29, 0.717) is 0 Å². The number of hydrogen-bond donors (Lipinski definition) is 1. The Morgan fingerprint density at radius 3 is 2.27 bits per heavy atom. The minimum Gasteiger partial charge on any atom is -0.462 e. The fraction of sp³-hybridized carbons (Fsp3) is 0.647. The third kappa shape index (κ3) is 12.9. The monoisotopic (exact) mass is 373 g/mol. The van der Waals surface area contributed by atoms with Crippen LogP contribution in [0.25, 0.3) is 0 Å². The lowest BCUT2D eigenvalue weighted by Gasteiger charge is -2.24. The fourth-order valence-electron chi connectivity index (χ4n) is 1.77. The van der Waals surface area contributed by atoms with Crippen molar-refractivity contribution in [1.29, 1.82) is 0 Å². The summed E-state index contributed by atoms with van der Waals surface area (Å²) < 4.78 is 19.6. The molecule has 9 nitrogen and oxygen atoms in total. The fourth-order valence-corrected chi connectivity index (χ4v) is 1.77. The molecule has 0 aliphatic heterocycles. The van der Waals surface area contributed by atoms with E-state index in [4.69, 9.17) is 14.2 Å². The molecule has 0 saturated heterocycles. The smallest absolute Gasteiger partial charge is 0.330 e. The van der Waals surface area contributed by atoms with Crippen LogP contribution < -0.4 is 5.32 Å². The van der Waals surface area contributed by atoms with Crippen molar-refractivity contribution in [2.75, 3.05) is 33.5 Å². The number of esters is 3. The largest absolute Gasteiger partial charge is 0.462 e. The predicted molar refractivity (Wildman–Crippen MR) is 91.0 cm³/mol. The molecule has 0 bridgehead atoms. The quantitative estimate of drug-likeness (QED) is 0.215. The topological polar surface area (TPSA) is 117 Å². The molecule has 0 aliphatic rings. The summed E-state index contributed by atoms with van der Waals surface area (Å²) >= 11 is 0. The maximum atomic E-state index is 11.7. The van der Waals surface area contributed by atoms with E-state index >= 15 is 0 Å². The zero-order chi connectivity index (χ0) is 20.0. The molecule has 1 N–H and O–H groups in total. The summed E-state index contributed by atoms with van der Waals surface area (Å²) in [5, 5.41) is 2.52. The molecule has 0 heterocycles. The summed E-state index contributed by atoms with van der Waals surface area (Å²) in [5.74, 6) is -2.04. The molecule has 0 aromatic carbocycles. The summed E-state index contributed by atoms with van der Waals surface area (Å²) in [7, 11) is 1.51. The number of rotatable bonds is 13. The first-order chi connectivity index (χ1) is 12.2. The lowest BCUT2D eigenvalue weighted by molar-refractivity contribution is -0.160. The zero-order valence-corrected chi connectivity index (χ0v) is 15.5. The normalized spacial score (nSPS) is 10.6. The number of ether oxygens (including phenoxy) is 4. The van der Waals surface area contributed by atoms with Gasteiger partial charge in [0, 0.05) is 26.2 Å². The van der Waals surface area contributed by atoms with Crippen LogP contribution in [-0.4, -0.2) is 62.9 Å². The molecule has 0 aromatic heterocycles. The van der Waals surface area contributed by atoms with Crippen LogP contribution in [0.5, 0.6) is 0 Å². The van der Waals surface area contributed by atoms with Crippen molar-refractivity contribution in [2.24, 2.45) is 0 Å². The highest BCUT2D eigenvalue weighted by Crippen LogP contribution is 2.10.